The monoisotopic (exact) mass is 300 g/mol. The highest BCUT2D eigenvalue weighted by Gasteiger charge is 2.01. The van der Waals surface area contributed by atoms with E-state index in [0.29, 0.717) is 19.5 Å². The molecule has 5 heteroatoms. The van der Waals surface area contributed by atoms with Gasteiger partial charge in [0.15, 0.2) is 0 Å². The zero-order valence-corrected chi connectivity index (χ0v) is 11.3. The Bertz CT molecular complexity index is 369. The Morgan fingerprint density at radius 1 is 1.47 bits per heavy atom. The summed E-state index contributed by atoms with van der Waals surface area (Å²) in [5.74, 6) is 0. The molecule has 1 aromatic carbocycles. The summed E-state index contributed by atoms with van der Waals surface area (Å²) >= 11 is 3.37. The van der Waals surface area contributed by atoms with Crippen molar-refractivity contribution >= 4 is 22.0 Å². The zero-order valence-electron chi connectivity index (χ0n) is 9.74. The fourth-order valence-electron chi connectivity index (χ4n) is 1.29. The molecular weight excluding hydrogens is 284 g/mol. The van der Waals surface area contributed by atoms with Crippen molar-refractivity contribution in [3.63, 3.8) is 0 Å². The van der Waals surface area contributed by atoms with E-state index in [0.717, 1.165) is 10.0 Å². The largest absolute Gasteiger partial charge is 0.393 e. The minimum atomic E-state index is -0.389. The van der Waals surface area contributed by atoms with Gasteiger partial charge < -0.3 is 15.7 Å². The molecule has 0 fully saturated rings. The second-order valence-electron chi connectivity index (χ2n) is 3.88. The smallest absolute Gasteiger partial charge is 0.315 e. The van der Waals surface area contributed by atoms with Gasteiger partial charge in [0.2, 0.25) is 0 Å². The average Bonchev–Trinajstić information content (AvgIpc) is 2.26. The topological polar surface area (TPSA) is 61.4 Å². The van der Waals surface area contributed by atoms with Gasteiger partial charge in [0, 0.05) is 17.6 Å². The first-order chi connectivity index (χ1) is 8.08. The van der Waals surface area contributed by atoms with Crippen LogP contribution in [0.5, 0.6) is 0 Å². The van der Waals surface area contributed by atoms with Crippen molar-refractivity contribution < 1.29 is 9.90 Å². The van der Waals surface area contributed by atoms with Gasteiger partial charge in [-0.2, -0.15) is 0 Å². The van der Waals surface area contributed by atoms with Crippen molar-refractivity contribution in [2.24, 2.45) is 0 Å². The molecule has 1 atom stereocenters. The average molecular weight is 301 g/mol. The maximum absolute atomic E-state index is 11.4. The van der Waals surface area contributed by atoms with E-state index in [4.69, 9.17) is 5.11 Å². The van der Waals surface area contributed by atoms with Gasteiger partial charge >= 0.3 is 6.03 Å². The van der Waals surface area contributed by atoms with Crippen LogP contribution in [-0.2, 0) is 6.54 Å². The Labute approximate surface area is 110 Å². The number of halogens is 1. The van der Waals surface area contributed by atoms with Gasteiger partial charge in [0.1, 0.15) is 0 Å². The molecule has 1 aromatic rings. The van der Waals surface area contributed by atoms with E-state index in [1.807, 2.05) is 24.3 Å². The molecule has 0 aromatic heterocycles. The number of aliphatic hydroxyl groups excluding tert-OH is 1. The van der Waals surface area contributed by atoms with Crippen LogP contribution in [0.15, 0.2) is 28.7 Å². The van der Waals surface area contributed by atoms with Crippen molar-refractivity contribution in [1.29, 1.82) is 0 Å². The maximum atomic E-state index is 11.4. The number of hydrogen-bond acceptors (Lipinski definition) is 2. The SMILES string of the molecule is CC(O)CCNC(=O)NCc1cccc(Br)c1. The fourth-order valence-corrected chi connectivity index (χ4v) is 1.73. The summed E-state index contributed by atoms with van der Waals surface area (Å²) < 4.78 is 0.992. The van der Waals surface area contributed by atoms with Crippen LogP contribution in [0.4, 0.5) is 4.79 Å². The van der Waals surface area contributed by atoms with Crippen LogP contribution >= 0.6 is 15.9 Å². The summed E-state index contributed by atoms with van der Waals surface area (Å²) in [6.45, 7) is 2.66. The molecule has 0 saturated heterocycles. The number of carbonyl (C=O) groups excluding carboxylic acids is 1. The van der Waals surface area contributed by atoms with Gasteiger partial charge in [0.05, 0.1) is 6.10 Å². The molecular formula is C12H17BrN2O2. The Balaban J connectivity index is 2.24. The molecule has 0 aliphatic rings. The van der Waals surface area contributed by atoms with Crippen molar-refractivity contribution in [3.8, 4) is 0 Å². The summed E-state index contributed by atoms with van der Waals surface area (Å²) in [7, 11) is 0. The summed E-state index contributed by atoms with van der Waals surface area (Å²) in [5.41, 5.74) is 1.03. The first-order valence-electron chi connectivity index (χ1n) is 5.52. The van der Waals surface area contributed by atoms with Crippen molar-refractivity contribution in [2.45, 2.75) is 26.0 Å². The number of rotatable bonds is 5. The van der Waals surface area contributed by atoms with Gasteiger partial charge in [-0.15, -0.1) is 0 Å². The number of hydrogen-bond donors (Lipinski definition) is 3. The van der Waals surface area contributed by atoms with E-state index >= 15 is 0 Å². The molecule has 17 heavy (non-hydrogen) atoms. The Kier molecular flexibility index (Phi) is 6.00. The molecule has 0 bridgehead atoms. The molecule has 0 saturated carbocycles. The number of amides is 2. The van der Waals surface area contributed by atoms with Gasteiger partial charge in [-0.05, 0) is 31.0 Å². The van der Waals surface area contributed by atoms with Gasteiger partial charge in [-0.3, -0.25) is 0 Å². The van der Waals surface area contributed by atoms with Crippen LogP contribution in [0.1, 0.15) is 18.9 Å². The van der Waals surface area contributed by atoms with E-state index < -0.39 is 0 Å². The van der Waals surface area contributed by atoms with E-state index in [1.165, 1.54) is 0 Å². The highest BCUT2D eigenvalue weighted by Crippen LogP contribution is 2.11. The summed E-state index contributed by atoms with van der Waals surface area (Å²) in [6.07, 6.45) is 0.171. The predicted octanol–water partition coefficient (Wildman–Crippen LogP) is 2.02. The first kappa shape index (κ1) is 14.0. The molecule has 1 unspecified atom stereocenters. The molecule has 4 nitrogen and oxygen atoms in total. The quantitative estimate of drug-likeness (QED) is 0.779. The van der Waals surface area contributed by atoms with Crippen LogP contribution in [0.3, 0.4) is 0 Å². The molecule has 3 N–H and O–H groups in total. The molecule has 0 heterocycles. The minimum Gasteiger partial charge on any atom is -0.393 e. The summed E-state index contributed by atoms with van der Waals surface area (Å²) in [5, 5.41) is 14.5. The lowest BCUT2D eigenvalue weighted by molar-refractivity contribution is 0.183. The summed E-state index contributed by atoms with van der Waals surface area (Å²) in [4.78, 5) is 11.4. The van der Waals surface area contributed by atoms with E-state index in [2.05, 4.69) is 26.6 Å². The number of benzene rings is 1. The molecule has 0 radical (unpaired) electrons. The van der Waals surface area contributed by atoms with Crippen LogP contribution in [0, 0.1) is 0 Å². The normalized spacial score (nSPS) is 11.9. The van der Waals surface area contributed by atoms with Crippen molar-refractivity contribution in [1.82, 2.24) is 10.6 Å². The van der Waals surface area contributed by atoms with Gasteiger partial charge in [0.25, 0.3) is 0 Å². The molecule has 1 rings (SSSR count). The third-order valence-electron chi connectivity index (χ3n) is 2.19. The predicted molar refractivity (Wildman–Crippen MR) is 70.7 cm³/mol. The first-order valence-corrected chi connectivity index (χ1v) is 6.31. The second kappa shape index (κ2) is 7.29. The van der Waals surface area contributed by atoms with Gasteiger partial charge in [-0.1, -0.05) is 28.1 Å². The molecule has 2 amide bonds. The number of carbonyl (C=O) groups is 1. The van der Waals surface area contributed by atoms with Crippen LogP contribution in [0.2, 0.25) is 0 Å². The highest BCUT2D eigenvalue weighted by molar-refractivity contribution is 9.10. The summed E-state index contributed by atoms with van der Waals surface area (Å²) in [6, 6.07) is 7.54. The lowest BCUT2D eigenvalue weighted by Gasteiger charge is -2.08. The zero-order chi connectivity index (χ0) is 12.7. The standard InChI is InChI=1S/C12H17BrN2O2/c1-9(16)5-6-14-12(17)15-8-10-3-2-4-11(13)7-10/h2-4,7,9,16H,5-6,8H2,1H3,(H2,14,15,17). The molecule has 0 spiro atoms. The molecule has 94 valence electrons. The maximum Gasteiger partial charge on any atom is 0.315 e. The molecule has 0 aliphatic heterocycles. The lowest BCUT2D eigenvalue weighted by Crippen LogP contribution is -2.36. The fraction of sp³-hybridized carbons (Fsp3) is 0.417. The van der Waals surface area contributed by atoms with Crippen LogP contribution < -0.4 is 10.6 Å². The van der Waals surface area contributed by atoms with Crippen LogP contribution in [0.25, 0.3) is 0 Å². The van der Waals surface area contributed by atoms with Gasteiger partial charge in [-0.25, -0.2) is 4.79 Å². The van der Waals surface area contributed by atoms with E-state index in [-0.39, 0.29) is 12.1 Å². The van der Waals surface area contributed by atoms with E-state index in [9.17, 15) is 4.79 Å². The number of aliphatic hydroxyl groups is 1. The van der Waals surface area contributed by atoms with Crippen molar-refractivity contribution in [2.75, 3.05) is 6.54 Å². The number of nitrogens with one attached hydrogen (secondary N) is 2. The van der Waals surface area contributed by atoms with Crippen molar-refractivity contribution in [3.05, 3.63) is 34.3 Å². The lowest BCUT2D eigenvalue weighted by atomic mass is 10.2. The number of urea groups is 1. The minimum absolute atomic E-state index is 0.217. The Morgan fingerprint density at radius 2 is 2.24 bits per heavy atom. The highest BCUT2D eigenvalue weighted by atomic mass is 79.9. The Hall–Kier alpha value is -1.07. The van der Waals surface area contributed by atoms with Crippen LogP contribution in [-0.4, -0.2) is 23.8 Å². The second-order valence-corrected chi connectivity index (χ2v) is 4.79. The van der Waals surface area contributed by atoms with E-state index in [1.54, 1.807) is 6.92 Å². The molecule has 0 aliphatic carbocycles. The third-order valence-corrected chi connectivity index (χ3v) is 2.68. The Morgan fingerprint density at radius 3 is 2.88 bits per heavy atom. The third kappa shape index (κ3) is 6.28.